The van der Waals surface area contributed by atoms with E-state index in [0.717, 1.165) is 17.5 Å². The van der Waals surface area contributed by atoms with Gasteiger partial charge < -0.3 is 10.2 Å². The normalized spacial score (nSPS) is 21.1. The number of halogens is 1. The fraction of sp³-hybridized carbons (Fsp3) is 0.429. The highest BCUT2D eigenvalue weighted by atomic mass is 35.5. The second-order valence-electron chi connectivity index (χ2n) is 9.49. The van der Waals surface area contributed by atoms with Crippen molar-refractivity contribution in [3.05, 3.63) is 70.8 Å². The largest absolute Gasteiger partial charge is 0.478 e. The molecule has 0 aromatic heterocycles. The minimum Gasteiger partial charge on any atom is -0.478 e. The first-order valence-electron chi connectivity index (χ1n) is 12.6. The van der Waals surface area contributed by atoms with E-state index in [-0.39, 0.29) is 0 Å². The molecule has 2 heterocycles. The summed E-state index contributed by atoms with van der Waals surface area (Å²) in [5.74, 6) is -2.51. The summed E-state index contributed by atoms with van der Waals surface area (Å²) in [7, 11) is 0. The zero-order valence-corrected chi connectivity index (χ0v) is 21.9. The first-order valence-corrected chi connectivity index (χ1v) is 13.8. The summed E-state index contributed by atoms with van der Waals surface area (Å²) in [4.78, 5) is 27.4. The molecule has 2 fully saturated rings. The van der Waals surface area contributed by atoms with Gasteiger partial charge in [-0.3, -0.25) is 9.80 Å². The van der Waals surface area contributed by atoms with Crippen LogP contribution in [0.4, 0.5) is 0 Å². The van der Waals surface area contributed by atoms with E-state index in [0.29, 0.717) is 18.2 Å². The Hall–Kier alpha value is -2.32. The maximum Gasteiger partial charge on any atom is 0.328 e. The molecule has 1 saturated carbocycles. The van der Waals surface area contributed by atoms with E-state index in [1.165, 1.54) is 79.2 Å². The molecule has 0 spiro atoms. The number of hydrogen-bond acceptors (Lipinski definition) is 5. The first-order chi connectivity index (χ1) is 17.4. The van der Waals surface area contributed by atoms with Gasteiger partial charge in [0.15, 0.2) is 0 Å². The summed E-state index contributed by atoms with van der Waals surface area (Å²) in [6.07, 6.45) is 9.30. The van der Waals surface area contributed by atoms with Gasteiger partial charge in [-0.25, -0.2) is 9.59 Å². The van der Waals surface area contributed by atoms with Crippen molar-refractivity contribution in [2.24, 2.45) is 0 Å². The van der Waals surface area contributed by atoms with Gasteiger partial charge in [0, 0.05) is 65.2 Å². The topological polar surface area (TPSA) is 81.1 Å². The Morgan fingerprint density at radius 3 is 2.17 bits per heavy atom. The molecule has 1 atom stereocenters. The minimum absolute atomic E-state index is 0.429. The van der Waals surface area contributed by atoms with Crippen LogP contribution < -0.4 is 0 Å². The number of nitrogens with zero attached hydrogens (tertiary/aromatic N) is 2. The molecular weight excluding hydrogens is 496 g/mol. The van der Waals surface area contributed by atoms with Crippen molar-refractivity contribution in [2.75, 3.05) is 26.2 Å². The van der Waals surface area contributed by atoms with Crippen molar-refractivity contribution in [2.45, 2.75) is 60.4 Å². The third-order valence-corrected chi connectivity index (χ3v) is 8.63. The van der Waals surface area contributed by atoms with Crippen molar-refractivity contribution < 1.29 is 19.8 Å². The van der Waals surface area contributed by atoms with Crippen LogP contribution in [0.2, 0.25) is 5.02 Å². The number of piperazine rings is 1. The summed E-state index contributed by atoms with van der Waals surface area (Å²) >= 11 is 8.34. The highest BCUT2D eigenvalue weighted by Crippen LogP contribution is 2.44. The van der Waals surface area contributed by atoms with E-state index < -0.39 is 11.9 Å². The minimum atomic E-state index is -1.26. The van der Waals surface area contributed by atoms with Crippen LogP contribution >= 0.6 is 23.4 Å². The highest BCUT2D eigenvalue weighted by molar-refractivity contribution is 7.99. The molecule has 0 radical (unpaired) electrons. The van der Waals surface area contributed by atoms with Gasteiger partial charge in [0.05, 0.1) is 0 Å². The number of carbonyl (C=O) groups is 2. The number of fused-ring (bicyclic) bond motifs is 2. The number of aliphatic carboxylic acids is 2. The lowest BCUT2D eigenvalue weighted by atomic mass is 9.93. The van der Waals surface area contributed by atoms with Crippen LogP contribution in [0, 0.1) is 0 Å². The number of hydrogen-bond donors (Lipinski definition) is 2. The van der Waals surface area contributed by atoms with Gasteiger partial charge in [-0.05, 0) is 54.7 Å². The SMILES string of the molecule is Clc1ccc2c(c1)C(N1CCN(C3CCCCC3)CC1)Cc1ccccc1S2.O=C(O)/C=C\C(=O)O. The van der Waals surface area contributed by atoms with E-state index in [4.69, 9.17) is 21.8 Å². The number of rotatable bonds is 4. The van der Waals surface area contributed by atoms with E-state index in [2.05, 4.69) is 46.2 Å². The van der Waals surface area contributed by atoms with Crippen molar-refractivity contribution in [1.82, 2.24) is 9.80 Å². The molecule has 192 valence electrons. The van der Waals surface area contributed by atoms with Crippen LogP contribution in [0.5, 0.6) is 0 Å². The first kappa shape index (κ1) is 26.7. The summed E-state index contributed by atoms with van der Waals surface area (Å²) in [6.45, 7) is 4.76. The molecule has 5 rings (SSSR count). The molecule has 36 heavy (non-hydrogen) atoms. The van der Waals surface area contributed by atoms with Crippen LogP contribution in [0.3, 0.4) is 0 Å². The second-order valence-corrected chi connectivity index (χ2v) is 11.0. The highest BCUT2D eigenvalue weighted by Gasteiger charge is 2.32. The molecule has 1 saturated heterocycles. The predicted octanol–water partition coefficient (Wildman–Crippen LogP) is 5.75. The molecule has 3 aliphatic rings. The molecule has 1 unspecified atom stereocenters. The molecule has 1 aliphatic carbocycles. The lowest BCUT2D eigenvalue weighted by molar-refractivity contribution is -0.134. The van der Waals surface area contributed by atoms with Crippen LogP contribution in [-0.2, 0) is 16.0 Å². The molecule has 6 nitrogen and oxygen atoms in total. The Labute approximate surface area is 221 Å². The van der Waals surface area contributed by atoms with Gasteiger partial charge in [-0.1, -0.05) is 60.8 Å². The van der Waals surface area contributed by atoms with Gasteiger partial charge in [0.2, 0.25) is 0 Å². The lowest BCUT2D eigenvalue weighted by Gasteiger charge is -2.43. The van der Waals surface area contributed by atoms with Crippen LogP contribution in [0.15, 0.2) is 64.4 Å². The maximum absolute atomic E-state index is 9.55. The van der Waals surface area contributed by atoms with Gasteiger partial charge >= 0.3 is 11.9 Å². The molecular formula is C28H33ClN2O4S. The predicted molar refractivity (Wildman–Crippen MR) is 143 cm³/mol. The number of benzene rings is 2. The van der Waals surface area contributed by atoms with Gasteiger partial charge in [0.1, 0.15) is 0 Å². The van der Waals surface area contributed by atoms with Crippen molar-refractivity contribution in [3.63, 3.8) is 0 Å². The van der Waals surface area contributed by atoms with Crippen molar-refractivity contribution >= 4 is 35.3 Å². The number of carboxylic acids is 2. The molecule has 2 aliphatic heterocycles. The summed E-state index contributed by atoms with van der Waals surface area (Å²) < 4.78 is 0. The maximum atomic E-state index is 9.55. The molecule has 0 bridgehead atoms. The Bertz CT molecular complexity index is 1080. The zero-order chi connectivity index (χ0) is 25.5. The Balaban J connectivity index is 0.000000331. The van der Waals surface area contributed by atoms with Crippen LogP contribution in [0.1, 0.15) is 49.3 Å². The molecule has 0 amide bonds. The quantitative estimate of drug-likeness (QED) is 0.489. The molecule has 8 heteroatoms. The second kappa shape index (κ2) is 12.8. The van der Waals surface area contributed by atoms with E-state index in [1.54, 1.807) is 0 Å². The standard InChI is InChI=1S/C24H29ClN2S.C4H4O4/c25-19-10-11-24-21(17-19)22(16-18-6-4-5-9-23(18)28-24)27-14-12-26(13-15-27)20-7-2-1-3-8-20;5-3(6)1-2-4(7)8/h4-6,9-11,17,20,22H,1-3,7-8,12-16H2;1-2H,(H,5,6)(H,7,8)/b;2-1-. The summed E-state index contributed by atoms with van der Waals surface area (Å²) in [6, 6.07) is 16.7. The van der Waals surface area contributed by atoms with E-state index >= 15 is 0 Å². The Morgan fingerprint density at radius 2 is 1.50 bits per heavy atom. The van der Waals surface area contributed by atoms with E-state index in [1.807, 2.05) is 17.8 Å². The number of carboxylic acid groups (broad SMARTS) is 2. The van der Waals surface area contributed by atoms with Gasteiger partial charge in [0.25, 0.3) is 0 Å². The molecule has 2 aromatic rings. The van der Waals surface area contributed by atoms with Crippen molar-refractivity contribution in [1.29, 1.82) is 0 Å². The van der Waals surface area contributed by atoms with Gasteiger partial charge in [-0.15, -0.1) is 0 Å². The van der Waals surface area contributed by atoms with Crippen molar-refractivity contribution in [3.8, 4) is 0 Å². The fourth-order valence-electron chi connectivity index (χ4n) is 5.41. The van der Waals surface area contributed by atoms with Crippen LogP contribution in [0.25, 0.3) is 0 Å². The summed E-state index contributed by atoms with van der Waals surface area (Å²) in [5.41, 5.74) is 2.89. The zero-order valence-electron chi connectivity index (χ0n) is 20.3. The Kier molecular flexibility index (Phi) is 9.48. The monoisotopic (exact) mass is 528 g/mol. The molecule has 2 aromatic carbocycles. The average Bonchev–Trinajstić information content (AvgIpc) is 3.05. The summed E-state index contributed by atoms with van der Waals surface area (Å²) in [5, 5.41) is 16.5. The van der Waals surface area contributed by atoms with E-state index in [9.17, 15) is 9.59 Å². The fourth-order valence-corrected chi connectivity index (χ4v) is 6.71. The smallest absolute Gasteiger partial charge is 0.328 e. The lowest BCUT2D eigenvalue weighted by Crippen LogP contribution is -2.51. The van der Waals surface area contributed by atoms with Gasteiger partial charge in [-0.2, -0.15) is 0 Å². The van der Waals surface area contributed by atoms with Crippen LogP contribution in [-0.4, -0.2) is 64.2 Å². The third kappa shape index (κ3) is 7.13. The third-order valence-electron chi connectivity index (χ3n) is 7.19. The molecule has 2 N–H and O–H groups in total. The average molecular weight is 529 g/mol. The Morgan fingerprint density at radius 1 is 0.861 bits per heavy atom.